The number of amides is 2. The number of rotatable bonds is 4. The van der Waals surface area contributed by atoms with E-state index in [0.29, 0.717) is 11.4 Å². The minimum absolute atomic E-state index is 0.0491. The fourth-order valence-electron chi connectivity index (χ4n) is 4.19. The average Bonchev–Trinajstić information content (AvgIpc) is 3.29. The molecule has 2 aliphatic rings. The van der Waals surface area contributed by atoms with Crippen molar-refractivity contribution in [2.45, 2.75) is 50.3 Å². The number of sulfonamides is 1. The van der Waals surface area contributed by atoms with Crippen LogP contribution in [-0.2, 0) is 35.7 Å². The molecule has 2 N–H and O–H groups in total. The number of anilines is 1. The van der Waals surface area contributed by atoms with Gasteiger partial charge in [0.1, 0.15) is 4.90 Å². The Kier molecular flexibility index (Phi) is 4.74. The molecule has 0 bridgehead atoms. The van der Waals surface area contributed by atoms with Crippen molar-refractivity contribution < 1.29 is 17.9 Å². The van der Waals surface area contributed by atoms with Crippen LogP contribution in [0.4, 0.5) is 10.5 Å². The van der Waals surface area contributed by atoms with Gasteiger partial charge in [-0.25, -0.2) is 22.9 Å². The van der Waals surface area contributed by atoms with E-state index < -0.39 is 16.1 Å². The zero-order chi connectivity index (χ0) is 19.9. The Morgan fingerprint density at radius 2 is 1.71 bits per heavy atom. The molecule has 2 aromatic rings. The van der Waals surface area contributed by atoms with Gasteiger partial charge in [0, 0.05) is 11.8 Å². The number of urea groups is 1. The van der Waals surface area contributed by atoms with Crippen molar-refractivity contribution in [2.24, 2.45) is 0 Å². The van der Waals surface area contributed by atoms with E-state index in [4.69, 9.17) is 4.74 Å². The molecule has 28 heavy (non-hydrogen) atoms. The fourth-order valence-corrected chi connectivity index (χ4v) is 5.27. The van der Waals surface area contributed by atoms with Crippen molar-refractivity contribution in [3.05, 3.63) is 46.1 Å². The lowest BCUT2D eigenvalue weighted by molar-refractivity contribution is 0.256. The Balaban J connectivity index is 1.59. The Bertz CT molecular complexity index is 1030. The zero-order valence-corrected chi connectivity index (χ0v) is 16.8. The summed E-state index contributed by atoms with van der Waals surface area (Å²) < 4.78 is 32.5. The van der Waals surface area contributed by atoms with Gasteiger partial charge in [0.05, 0.1) is 13.3 Å². The first kappa shape index (κ1) is 18.7. The Morgan fingerprint density at radius 3 is 2.29 bits per heavy atom. The lowest BCUT2D eigenvalue weighted by Crippen LogP contribution is -2.35. The van der Waals surface area contributed by atoms with Crippen LogP contribution in [0.2, 0.25) is 0 Å². The van der Waals surface area contributed by atoms with Gasteiger partial charge in [-0.2, -0.15) is 0 Å². The fraction of sp³-hybridized carbons (Fsp3) is 0.400. The highest BCUT2D eigenvalue weighted by atomic mass is 32.2. The molecular formula is C20H23N3O4S. The van der Waals surface area contributed by atoms with E-state index in [-0.39, 0.29) is 4.90 Å². The van der Waals surface area contributed by atoms with Crippen LogP contribution >= 0.6 is 0 Å². The predicted molar refractivity (Wildman–Crippen MR) is 105 cm³/mol. The van der Waals surface area contributed by atoms with Crippen LogP contribution in [0.1, 0.15) is 40.7 Å². The highest BCUT2D eigenvalue weighted by Gasteiger charge is 2.27. The smallest absolute Gasteiger partial charge is 0.333 e. The molecule has 8 heteroatoms. The third-order valence-corrected chi connectivity index (χ3v) is 6.94. The van der Waals surface area contributed by atoms with Crippen molar-refractivity contribution in [2.75, 3.05) is 12.4 Å². The van der Waals surface area contributed by atoms with E-state index in [9.17, 15) is 13.2 Å². The van der Waals surface area contributed by atoms with Crippen molar-refractivity contribution in [3.63, 3.8) is 0 Å². The number of carbonyl (C=O) groups is 1. The van der Waals surface area contributed by atoms with Crippen LogP contribution in [0.15, 0.2) is 23.2 Å². The highest BCUT2D eigenvalue weighted by molar-refractivity contribution is 7.90. The zero-order valence-electron chi connectivity index (χ0n) is 16.0. The minimum Gasteiger partial charge on any atom is -0.481 e. The number of hydrogen-bond donors (Lipinski definition) is 2. The summed E-state index contributed by atoms with van der Waals surface area (Å²) in [5, 5.41) is 2.84. The van der Waals surface area contributed by atoms with Gasteiger partial charge in [-0.15, -0.1) is 0 Å². The monoisotopic (exact) mass is 401 g/mol. The third-order valence-electron chi connectivity index (χ3n) is 5.47. The van der Waals surface area contributed by atoms with Crippen molar-refractivity contribution >= 4 is 21.7 Å². The van der Waals surface area contributed by atoms with Crippen LogP contribution in [0.25, 0.3) is 0 Å². The average molecular weight is 401 g/mol. The summed E-state index contributed by atoms with van der Waals surface area (Å²) in [4.78, 5) is 16.5. The summed E-state index contributed by atoms with van der Waals surface area (Å²) in [6.07, 6.45) is 7.15. The second-order valence-corrected chi connectivity index (χ2v) is 8.94. The molecule has 0 fully saturated rings. The van der Waals surface area contributed by atoms with Gasteiger partial charge in [-0.1, -0.05) is 6.07 Å². The van der Waals surface area contributed by atoms with Crippen molar-refractivity contribution in [1.82, 2.24) is 9.71 Å². The summed E-state index contributed by atoms with van der Waals surface area (Å²) >= 11 is 0. The largest absolute Gasteiger partial charge is 0.481 e. The minimum atomic E-state index is -4.04. The number of hydrogen-bond acceptors (Lipinski definition) is 5. The predicted octanol–water partition coefficient (Wildman–Crippen LogP) is 2.89. The molecule has 0 aliphatic heterocycles. The second kappa shape index (κ2) is 7.09. The van der Waals surface area contributed by atoms with Crippen LogP contribution < -0.4 is 14.8 Å². The van der Waals surface area contributed by atoms with Crippen LogP contribution in [-0.4, -0.2) is 26.5 Å². The SMILES string of the molecule is COc1cc(C)c(S(=O)(=O)NC(=O)Nc2c3c(cc4c2CCC4)CCC3)cn1. The summed E-state index contributed by atoms with van der Waals surface area (Å²) in [5.74, 6) is 0.316. The molecule has 0 spiro atoms. The molecule has 2 amide bonds. The first-order valence-corrected chi connectivity index (χ1v) is 10.9. The van der Waals surface area contributed by atoms with Gasteiger partial charge < -0.3 is 10.1 Å². The van der Waals surface area contributed by atoms with Gasteiger partial charge in [-0.05, 0) is 73.3 Å². The molecule has 148 valence electrons. The van der Waals surface area contributed by atoms with Crippen molar-refractivity contribution in [1.29, 1.82) is 0 Å². The van der Waals surface area contributed by atoms with E-state index in [1.807, 2.05) is 0 Å². The number of nitrogens with one attached hydrogen (secondary N) is 2. The number of carbonyl (C=O) groups excluding carboxylic acids is 1. The molecular weight excluding hydrogens is 378 g/mol. The Morgan fingerprint density at radius 1 is 1.07 bits per heavy atom. The summed E-state index contributed by atoms with van der Waals surface area (Å²) in [6.45, 7) is 1.63. The number of aryl methyl sites for hydroxylation is 3. The molecule has 4 rings (SSSR count). The maximum Gasteiger partial charge on any atom is 0.333 e. The van der Waals surface area contributed by atoms with E-state index in [0.717, 1.165) is 55.3 Å². The van der Waals surface area contributed by atoms with Gasteiger partial charge in [0.25, 0.3) is 10.0 Å². The topological polar surface area (TPSA) is 97.4 Å². The first-order valence-electron chi connectivity index (χ1n) is 9.40. The van der Waals surface area contributed by atoms with Gasteiger partial charge in [-0.3, -0.25) is 0 Å². The van der Waals surface area contributed by atoms with E-state index in [2.05, 4.69) is 21.1 Å². The lowest BCUT2D eigenvalue weighted by atomic mass is 9.99. The number of pyridine rings is 1. The maximum absolute atomic E-state index is 12.7. The molecule has 1 heterocycles. The number of benzene rings is 1. The molecule has 2 aliphatic carbocycles. The summed E-state index contributed by atoms with van der Waals surface area (Å²) in [7, 11) is -2.59. The number of methoxy groups -OCH3 is 1. The lowest BCUT2D eigenvalue weighted by Gasteiger charge is -2.17. The molecule has 0 atom stereocenters. The van der Waals surface area contributed by atoms with Gasteiger partial charge >= 0.3 is 6.03 Å². The third kappa shape index (κ3) is 3.32. The summed E-state index contributed by atoms with van der Waals surface area (Å²) in [6, 6.07) is 3.03. The van der Waals surface area contributed by atoms with Gasteiger partial charge in [0.15, 0.2) is 0 Å². The molecule has 0 unspecified atom stereocenters. The molecule has 0 radical (unpaired) electrons. The number of ether oxygens (including phenoxy) is 1. The Labute approximate surface area is 164 Å². The Hall–Kier alpha value is -2.61. The summed E-state index contributed by atoms with van der Waals surface area (Å²) in [5.41, 5.74) is 6.10. The number of fused-ring (bicyclic) bond motifs is 2. The molecule has 1 aromatic heterocycles. The second-order valence-electron chi connectivity index (χ2n) is 7.29. The van der Waals surface area contributed by atoms with Crippen LogP contribution in [0.3, 0.4) is 0 Å². The van der Waals surface area contributed by atoms with Crippen LogP contribution in [0.5, 0.6) is 5.88 Å². The maximum atomic E-state index is 12.7. The van der Waals surface area contributed by atoms with Gasteiger partial charge in [0.2, 0.25) is 5.88 Å². The normalized spacial score (nSPS) is 15.1. The quantitative estimate of drug-likeness (QED) is 0.821. The van der Waals surface area contributed by atoms with E-state index in [1.54, 1.807) is 6.92 Å². The standard InChI is InChI=1S/C20H23N3O4S/c1-12-9-18(27-2)21-11-17(12)28(25,26)23-20(24)22-19-15-7-3-5-13(15)10-14-6-4-8-16(14)19/h9-11H,3-8H2,1-2H3,(H2,22,23,24). The molecule has 7 nitrogen and oxygen atoms in total. The van der Waals surface area contributed by atoms with E-state index >= 15 is 0 Å². The highest BCUT2D eigenvalue weighted by Crippen LogP contribution is 2.38. The van der Waals surface area contributed by atoms with Crippen LogP contribution in [0, 0.1) is 6.92 Å². The van der Waals surface area contributed by atoms with Crippen molar-refractivity contribution in [3.8, 4) is 5.88 Å². The number of aromatic nitrogens is 1. The first-order chi connectivity index (χ1) is 13.4. The molecule has 0 saturated carbocycles. The molecule has 0 saturated heterocycles. The number of nitrogens with zero attached hydrogens (tertiary/aromatic N) is 1. The molecule has 1 aromatic carbocycles. The van der Waals surface area contributed by atoms with E-state index in [1.165, 1.54) is 30.5 Å².